The lowest BCUT2D eigenvalue weighted by atomic mass is 10.1. The van der Waals surface area contributed by atoms with E-state index in [9.17, 15) is 4.79 Å². The zero-order valence-electron chi connectivity index (χ0n) is 9.53. The number of esters is 1. The van der Waals surface area contributed by atoms with Gasteiger partial charge in [-0.1, -0.05) is 23.2 Å². The van der Waals surface area contributed by atoms with Crippen molar-refractivity contribution >= 4 is 40.5 Å². The molecule has 0 amide bonds. The molecule has 0 atom stereocenters. The van der Waals surface area contributed by atoms with Crippen LogP contribution in [0.5, 0.6) is 0 Å². The summed E-state index contributed by atoms with van der Waals surface area (Å²) in [6.45, 7) is 1.88. The van der Waals surface area contributed by atoms with Gasteiger partial charge in [-0.15, -0.1) is 21.5 Å². The van der Waals surface area contributed by atoms with E-state index in [-0.39, 0.29) is 10.3 Å². The van der Waals surface area contributed by atoms with E-state index in [2.05, 4.69) is 10.2 Å². The average Bonchev–Trinajstić information content (AvgIpc) is 2.73. The van der Waals surface area contributed by atoms with E-state index in [1.807, 2.05) is 12.3 Å². The number of nitrogens with zero attached hydrogens (tertiary/aromatic N) is 2. The van der Waals surface area contributed by atoms with Crippen molar-refractivity contribution in [1.29, 1.82) is 0 Å². The summed E-state index contributed by atoms with van der Waals surface area (Å²) in [5, 5.41) is 9.65. The molecule has 4 nitrogen and oxygen atoms in total. The van der Waals surface area contributed by atoms with E-state index in [4.69, 9.17) is 27.9 Å². The zero-order valence-corrected chi connectivity index (χ0v) is 11.9. The molecule has 2 rings (SSSR count). The van der Waals surface area contributed by atoms with Gasteiger partial charge in [-0.3, -0.25) is 0 Å². The summed E-state index contributed by atoms with van der Waals surface area (Å²) < 4.78 is 4.74. The number of carbonyl (C=O) groups excluding carboxylic acids is 1. The molecule has 0 aliphatic carbocycles. The van der Waals surface area contributed by atoms with Gasteiger partial charge in [-0.25, -0.2) is 4.79 Å². The predicted octanol–water partition coefficient (Wildman–Crippen LogP) is 3.61. The molecular formula is C11H8Cl2N2O2S. The van der Waals surface area contributed by atoms with Crippen molar-refractivity contribution < 1.29 is 9.53 Å². The number of thiophene rings is 1. The molecule has 0 aliphatic rings. The van der Waals surface area contributed by atoms with Crippen molar-refractivity contribution in [3.63, 3.8) is 0 Å². The molecule has 2 aromatic rings. The van der Waals surface area contributed by atoms with Crippen LogP contribution in [0.15, 0.2) is 11.4 Å². The second-order valence-corrected chi connectivity index (χ2v) is 5.11. The highest BCUT2D eigenvalue weighted by atomic mass is 35.5. The third-order valence-electron chi connectivity index (χ3n) is 2.33. The number of carbonyl (C=O) groups is 1. The quantitative estimate of drug-likeness (QED) is 0.795. The smallest absolute Gasteiger partial charge is 0.348 e. The summed E-state index contributed by atoms with van der Waals surface area (Å²) >= 11 is 13.1. The molecule has 0 spiro atoms. The van der Waals surface area contributed by atoms with E-state index in [0.29, 0.717) is 16.0 Å². The highest BCUT2D eigenvalue weighted by molar-refractivity contribution is 7.12. The first-order valence-corrected chi connectivity index (χ1v) is 6.53. The average molecular weight is 303 g/mol. The summed E-state index contributed by atoms with van der Waals surface area (Å²) in [5.41, 5.74) is 2.18. The summed E-state index contributed by atoms with van der Waals surface area (Å²) in [5.74, 6) is -0.410. The van der Waals surface area contributed by atoms with Crippen molar-refractivity contribution in [1.82, 2.24) is 10.2 Å². The lowest BCUT2D eigenvalue weighted by molar-refractivity contribution is 0.0607. The first kappa shape index (κ1) is 13.3. The Morgan fingerprint density at radius 2 is 2.11 bits per heavy atom. The van der Waals surface area contributed by atoms with Crippen molar-refractivity contribution in [2.75, 3.05) is 7.11 Å². The number of rotatable bonds is 2. The van der Waals surface area contributed by atoms with Crippen molar-refractivity contribution in [2.45, 2.75) is 6.92 Å². The van der Waals surface area contributed by atoms with Crippen LogP contribution in [0.2, 0.25) is 10.3 Å². The Balaban J connectivity index is 2.66. The van der Waals surface area contributed by atoms with Crippen molar-refractivity contribution in [2.24, 2.45) is 0 Å². The zero-order chi connectivity index (χ0) is 13.3. The molecule has 0 fully saturated rings. The molecule has 18 heavy (non-hydrogen) atoms. The van der Waals surface area contributed by atoms with Gasteiger partial charge in [-0.2, -0.15) is 0 Å². The van der Waals surface area contributed by atoms with Crippen LogP contribution in [0.3, 0.4) is 0 Å². The van der Waals surface area contributed by atoms with E-state index in [1.165, 1.54) is 18.4 Å². The van der Waals surface area contributed by atoms with Crippen LogP contribution in [0.4, 0.5) is 0 Å². The fourth-order valence-electron chi connectivity index (χ4n) is 1.55. The Kier molecular flexibility index (Phi) is 3.85. The number of hydrogen-bond acceptors (Lipinski definition) is 5. The fourth-order valence-corrected chi connectivity index (χ4v) is 2.86. The molecule has 2 aromatic heterocycles. The summed E-state index contributed by atoms with van der Waals surface area (Å²) in [7, 11) is 1.33. The Bertz CT molecular complexity index is 613. The molecule has 0 aliphatic heterocycles. The van der Waals surface area contributed by atoms with Gasteiger partial charge in [0.15, 0.2) is 10.3 Å². The standard InChI is InChI=1S/C11H8Cl2N2O2S/c1-5-4-18-9(11(16)17-2)8(5)6-3-7(12)14-15-10(6)13/h3-4H,1-2H3. The maximum Gasteiger partial charge on any atom is 0.348 e. The minimum atomic E-state index is -0.410. The largest absolute Gasteiger partial charge is 0.465 e. The number of ether oxygens (including phenoxy) is 1. The molecule has 0 aromatic carbocycles. The molecule has 2 heterocycles. The van der Waals surface area contributed by atoms with E-state index in [0.717, 1.165) is 5.56 Å². The molecule has 7 heteroatoms. The predicted molar refractivity (Wildman–Crippen MR) is 71.4 cm³/mol. The SMILES string of the molecule is COC(=O)c1scc(C)c1-c1cc(Cl)nnc1Cl. The number of hydrogen-bond donors (Lipinski definition) is 0. The Morgan fingerprint density at radius 1 is 1.39 bits per heavy atom. The highest BCUT2D eigenvalue weighted by Gasteiger charge is 2.21. The first-order valence-electron chi connectivity index (χ1n) is 4.90. The minimum absolute atomic E-state index is 0.200. The van der Waals surface area contributed by atoms with E-state index >= 15 is 0 Å². The number of aryl methyl sites for hydroxylation is 1. The van der Waals surface area contributed by atoms with Gasteiger partial charge < -0.3 is 4.74 Å². The van der Waals surface area contributed by atoms with Crippen LogP contribution in [0.1, 0.15) is 15.2 Å². The van der Waals surface area contributed by atoms with E-state index in [1.54, 1.807) is 6.07 Å². The summed E-state index contributed by atoms with van der Waals surface area (Å²) in [6.07, 6.45) is 0. The number of halogens is 2. The maximum absolute atomic E-state index is 11.7. The molecule has 0 radical (unpaired) electrons. The lowest BCUT2D eigenvalue weighted by Crippen LogP contribution is -2.01. The van der Waals surface area contributed by atoms with Gasteiger partial charge in [0.2, 0.25) is 0 Å². The van der Waals surface area contributed by atoms with Gasteiger partial charge in [0.1, 0.15) is 4.88 Å². The molecule has 0 saturated carbocycles. The second-order valence-electron chi connectivity index (χ2n) is 3.49. The van der Waals surface area contributed by atoms with Crippen LogP contribution >= 0.6 is 34.5 Å². The third kappa shape index (κ3) is 2.34. The van der Waals surface area contributed by atoms with E-state index < -0.39 is 5.97 Å². The maximum atomic E-state index is 11.7. The number of aromatic nitrogens is 2. The summed E-state index contributed by atoms with van der Waals surface area (Å²) in [6, 6.07) is 1.58. The molecule has 94 valence electrons. The van der Waals surface area contributed by atoms with Crippen LogP contribution in [0, 0.1) is 6.92 Å². The number of methoxy groups -OCH3 is 1. The van der Waals surface area contributed by atoms with Gasteiger partial charge >= 0.3 is 5.97 Å². The summed E-state index contributed by atoms with van der Waals surface area (Å²) in [4.78, 5) is 12.2. The van der Waals surface area contributed by atoms with Crippen molar-refractivity contribution in [3.05, 3.63) is 32.2 Å². The van der Waals surface area contributed by atoms with Crippen LogP contribution < -0.4 is 0 Å². The highest BCUT2D eigenvalue weighted by Crippen LogP contribution is 2.36. The minimum Gasteiger partial charge on any atom is -0.465 e. The van der Waals surface area contributed by atoms with Crippen LogP contribution in [-0.2, 0) is 4.74 Å². The molecule has 0 unspecified atom stereocenters. The van der Waals surface area contributed by atoms with Gasteiger partial charge in [0.05, 0.1) is 7.11 Å². The van der Waals surface area contributed by atoms with Crippen molar-refractivity contribution in [3.8, 4) is 11.1 Å². The first-order chi connectivity index (χ1) is 8.54. The van der Waals surface area contributed by atoms with Gasteiger partial charge in [-0.05, 0) is 23.9 Å². The third-order valence-corrected chi connectivity index (χ3v) is 3.88. The van der Waals surface area contributed by atoms with Crippen LogP contribution in [0.25, 0.3) is 11.1 Å². The second kappa shape index (κ2) is 5.22. The van der Waals surface area contributed by atoms with Gasteiger partial charge in [0, 0.05) is 11.1 Å². The Labute approximate surface area is 118 Å². The fraction of sp³-hybridized carbons (Fsp3) is 0.182. The lowest BCUT2D eigenvalue weighted by Gasteiger charge is -2.06. The Hall–Kier alpha value is -1.17. The molecular weight excluding hydrogens is 295 g/mol. The van der Waals surface area contributed by atoms with Crippen LogP contribution in [-0.4, -0.2) is 23.3 Å². The molecule has 0 N–H and O–H groups in total. The monoisotopic (exact) mass is 302 g/mol. The normalized spacial score (nSPS) is 10.4. The molecule has 0 bridgehead atoms. The Morgan fingerprint density at radius 3 is 2.78 bits per heavy atom. The topological polar surface area (TPSA) is 52.1 Å². The molecule has 0 saturated heterocycles. The van der Waals surface area contributed by atoms with Gasteiger partial charge in [0.25, 0.3) is 0 Å².